The molecule has 0 fully saturated rings. The summed E-state index contributed by atoms with van der Waals surface area (Å²) in [6.45, 7) is 5.66. The van der Waals surface area contributed by atoms with Gasteiger partial charge < -0.3 is 19.1 Å². The second-order valence-corrected chi connectivity index (χ2v) is 8.12. The van der Waals surface area contributed by atoms with Crippen molar-refractivity contribution in [3.8, 4) is 17.2 Å². The topological polar surface area (TPSA) is 48.0 Å². The van der Waals surface area contributed by atoms with Crippen molar-refractivity contribution in [2.45, 2.75) is 39.0 Å². The lowest BCUT2D eigenvalue weighted by Gasteiger charge is -2.28. The van der Waals surface area contributed by atoms with Crippen molar-refractivity contribution < 1.29 is 19.0 Å². The van der Waals surface area contributed by atoms with Gasteiger partial charge in [0.2, 0.25) is 5.91 Å². The average molecular weight is 424 g/mol. The molecule has 5 heteroatoms. The molecular weight excluding hydrogens is 390 g/mol. The van der Waals surface area contributed by atoms with Crippen LogP contribution in [0.15, 0.2) is 42.5 Å². The van der Waals surface area contributed by atoms with Crippen LogP contribution in [0.2, 0.25) is 0 Å². The Morgan fingerprint density at radius 1 is 1.00 bits per heavy atom. The zero-order valence-electron chi connectivity index (χ0n) is 19.2. The number of carbonyl (C=O) groups is 1. The van der Waals surface area contributed by atoms with Gasteiger partial charge in [-0.15, -0.1) is 0 Å². The van der Waals surface area contributed by atoms with Crippen molar-refractivity contribution in [3.05, 3.63) is 59.2 Å². The number of amides is 1. The highest BCUT2D eigenvalue weighted by Crippen LogP contribution is 2.40. The summed E-state index contributed by atoms with van der Waals surface area (Å²) >= 11 is 0. The third-order valence-corrected chi connectivity index (χ3v) is 5.87. The number of carbonyl (C=O) groups excluding carboxylic acids is 1. The lowest BCUT2D eigenvalue weighted by atomic mass is 9.96. The number of benzene rings is 2. The summed E-state index contributed by atoms with van der Waals surface area (Å²) in [6.07, 6.45) is 4.16. The van der Waals surface area contributed by atoms with Crippen molar-refractivity contribution in [3.63, 3.8) is 0 Å². The monoisotopic (exact) mass is 423 g/mol. The van der Waals surface area contributed by atoms with E-state index in [-0.39, 0.29) is 5.91 Å². The molecule has 2 aromatic rings. The molecule has 0 aliphatic carbocycles. The van der Waals surface area contributed by atoms with Crippen LogP contribution >= 0.6 is 0 Å². The van der Waals surface area contributed by atoms with Crippen molar-refractivity contribution in [1.29, 1.82) is 0 Å². The minimum atomic E-state index is 0.192. The molecule has 166 valence electrons. The van der Waals surface area contributed by atoms with E-state index < -0.39 is 0 Å². The molecule has 1 aliphatic heterocycles. The highest BCUT2D eigenvalue weighted by atomic mass is 16.5. The van der Waals surface area contributed by atoms with Gasteiger partial charge in [0.05, 0.1) is 26.9 Å². The van der Waals surface area contributed by atoms with Gasteiger partial charge in [-0.25, -0.2) is 0 Å². The van der Waals surface area contributed by atoms with Crippen LogP contribution in [-0.4, -0.2) is 45.2 Å². The Morgan fingerprint density at radius 3 is 2.13 bits per heavy atom. The smallest absolute Gasteiger partial charge is 0.223 e. The predicted molar refractivity (Wildman–Crippen MR) is 124 cm³/mol. The van der Waals surface area contributed by atoms with Gasteiger partial charge >= 0.3 is 0 Å². The van der Waals surface area contributed by atoms with Crippen LogP contribution in [-0.2, 0) is 11.2 Å². The fourth-order valence-corrected chi connectivity index (χ4v) is 3.92. The van der Waals surface area contributed by atoms with Crippen molar-refractivity contribution in [2.75, 3.05) is 34.4 Å². The Bertz CT molecular complexity index is 906. The van der Waals surface area contributed by atoms with Crippen LogP contribution in [0.4, 0.5) is 0 Å². The Labute approximate surface area is 185 Å². The Kier molecular flexibility index (Phi) is 7.61. The van der Waals surface area contributed by atoms with E-state index in [4.69, 9.17) is 14.2 Å². The minimum Gasteiger partial charge on any atom is -0.496 e. The molecule has 0 aromatic heterocycles. The van der Waals surface area contributed by atoms with Crippen LogP contribution < -0.4 is 14.2 Å². The van der Waals surface area contributed by atoms with Gasteiger partial charge in [0.15, 0.2) is 0 Å². The van der Waals surface area contributed by atoms with Gasteiger partial charge in [-0.2, -0.15) is 0 Å². The van der Waals surface area contributed by atoms with Crippen LogP contribution in [0.3, 0.4) is 0 Å². The van der Waals surface area contributed by atoms with Gasteiger partial charge in [-0.1, -0.05) is 44.2 Å². The second kappa shape index (κ2) is 10.4. The molecule has 0 radical (unpaired) electrons. The second-order valence-electron chi connectivity index (χ2n) is 8.12. The Hall–Kier alpha value is -2.95. The molecule has 31 heavy (non-hydrogen) atoms. The maximum Gasteiger partial charge on any atom is 0.223 e. The zero-order valence-corrected chi connectivity index (χ0v) is 19.2. The van der Waals surface area contributed by atoms with Crippen LogP contribution in [0.1, 0.15) is 49.3 Å². The minimum absolute atomic E-state index is 0.192. The molecule has 0 bridgehead atoms. The number of ether oxygens (including phenoxy) is 3. The molecule has 0 saturated heterocycles. The van der Waals surface area contributed by atoms with Gasteiger partial charge in [-0.3, -0.25) is 4.79 Å². The summed E-state index contributed by atoms with van der Waals surface area (Å²) in [6, 6.07) is 12.3. The van der Waals surface area contributed by atoms with E-state index in [2.05, 4.69) is 44.2 Å². The summed E-state index contributed by atoms with van der Waals surface area (Å²) in [5.74, 6) is 2.83. The first-order valence-electron chi connectivity index (χ1n) is 10.8. The first kappa shape index (κ1) is 22.7. The Morgan fingerprint density at radius 2 is 1.65 bits per heavy atom. The fourth-order valence-electron chi connectivity index (χ4n) is 3.92. The van der Waals surface area contributed by atoms with E-state index in [1.54, 1.807) is 21.3 Å². The summed E-state index contributed by atoms with van der Waals surface area (Å²) in [5.41, 5.74) is 4.60. The first-order chi connectivity index (χ1) is 15.0. The van der Waals surface area contributed by atoms with E-state index in [1.165, 1.54) is 11.1 Å². The fraction of sp³-hybridized carbons (Fsp3) is 0.423. The lowest BCUT2D eigenvalue weighted by Crippen LogP contribution is -2.34. The van der Waals surface area contributed by atoms with E-state index in [0.717, 1.165) is 24.0 Å². The molecule has 5 nitrogen and oxygen atoms in total. The molecule has 1 aliphatic rings. The highest BCUT2D eigenvalue weighted by Gasteiger charge is 2.23. The SMILES string of the molecule is COc1cc(OC)c(C2=CCN(C(=O)CCc3ccc(C(C)C)cc3)CC2)c(OC)c1. The summed E-state index contributed by atoms with van der Waals surface area (Å²) in [4.78, 5) is 14.7. The predicted octanol–water partition coefficient (Wildman–Crippen LogP) is 5.08. The van der Waals surface area contributed by atoms with Crippen molar-refractivity contribution in [2.24, 2.45) is 0 Å². The third kappa shape index (κ3) is 5.40. The van der Waals surface area contributed by atoms with E-state index >= 15 is 0 Å². The molecule has 0 spiro atoms. The first-order valence-corrected chi connectivity index (χ1v) is 10.8. The highest BCUT2D eigenvalue weighted by molar-refractivity contribution is 5.81. The average Bonchev–Trinajstić information content (AvgIpc) is 2.81. The Balaban J connectivity index is 1.65. The lowest BCUT2D eigenvalue weighted by molar-refractivity contribution is -0.130. The molecule has 2 aromatic carbocycles. The number of nitrogens with zero attached hydrogens (tertiary/aromatic N) is 1. The summed E-state index contributed by atoms with van der Waals surface area (Å²) in [7, 11) is 4.91. The number of hydrogen-bond donors (Lipinski definition) is 0. The number of aryl methyl sites for hydroxylation is 1. The van der Waals surface area contributed by atoms with E-state index in [1.807, 2.05) is 17.0 Å². The molecule has 0 unspecified atom stereocenters. The molecule has 1 amide bonds. The zero-order chi connectivity index (χ0) is 22.4. The molecule has 0 saturated carbocycles. The standard InChI is InChI=1S/C26H33NO4/c1-18(2)20-9-6-19(7-10-20)8-11-25(28)27-14-12-21(13-15-27)26-23(30-4)16-22(29-3)17-24(26)31-5/h6-7,9-10,12,16-18H,8,11,13-15H2,1-5H3. The molecule has 0 N–H and O–H groups in total. The normalized spacial score (nSPS) is 13.7. The van der Waals surface area contributed by atoms with E-state index in [0.29, 0.717) is 42.7 Å². The van der Waals surface area contributed by atoms with Crippen LogP contribution in [0.25, 0.3) is 5.57 Å². The van der Waals surface area contributed by atoms with Crippen molar-refractivity contribution in [1.82, 2.24) is 4.90 Å². The number of methoxy groups -OCH3 is 3. The maximum absolute atomic E-state index is 12.8. The molecule has 3 rings (SSSR count). The third-order valence-electron chi connectivity index (χ3n) is 5.87. The summed E-state index contributed by atoms with van der Waals surface area (Å²) in [5, 5.41) is 0. The largest absolute Gasteiger partial charge is 0.496 e. The maximum atomic E-state index is 12.8. The van der Waals surface area contributed by atoms with Crippen molar-refractivity contribution >= 4 is 11.5 Å². The van der Waals surface area contributed by atoms with Gasteiger partial charge in [0.1, 0.15) is 17.2 Å². The van der Waals surface area contributed by atoms with Crippen LogP contribution in [0, 0.1) is 0 Å². The van der Waals surface area contributed by atoms with Gasteiger partial charge in [0.25, 0.3) is 0 Å². The quantitative estimate of drug-likeness (QED) is 0.594. The number of rotatable bonds is 8. The van der Waals surface area contributed by atoms with E-state index in [9.17, 15) is 4.79 Å². The van der Waals surface area contributed by atoms with Gasteiger partial charge in [-0.05, 0) is 35.5 Å². The molecule has 0 atom stereocenters. The summed E-state index contributed by atoms with van der Waals surface area (Å²) < 4.78 is 16.5. The van der Waals surface area contributed by atoms with Gasteiger partial charge in [0, 0.05) is 31.6 Å². The molecule has 1 heterocycles. The number of hydrogen-bond acceptors (Lipinski definition) is 4. The van der Waals surface area contributed by atoms with Crippen LogP contribution in [0.5, 0.6) is 17.2 Å². The molecular formula is C26H33NO4.